The van der Waals surface area contributed by atoms with Crippen LogP contribution in [-0.4, -0.2) is 31.5 Å². The molecule has 0 heterocycles. The molecule has 1 saturated carbocycles. The first-order valence-electron chi connectivity index (χ1n) is 10.8. The van der Waals surface area contributed by atoms with E-state index in [2.05, 4.69) is 12.2 Å². The van der Waals surface area contributed by atoms with Gasteiger partial charge >= 0.3 is 0 Å². The molecule has 3 aromatic carbocycles. The SMILES string of the molecule is COc1ccc(N(C(=O)CCNC(=O)c2ccc3ccccc3c2)C(C)C2CC2)cc1. The second-order valence-electron chi connectivity index (χ2n) is 8.11. The minimum atomic E-state index is -0.162. The number of amides is 2. The molecule has 0 aromatic heterocycles. The number of fused-ring (bicyclic) bond motifs is 1. The summed E-state index contributed by atoms with van der Waals surface area (Å²) in [7, 11) is 1.63. The number of ether oxygens (including phenoxy) is 1. The number of nitrogens with zero attached hydrogens (tertiary/aromatic N) is 1. The quantitative estimate of drug-likeness (QED) is 0.574. The molecule has 2 amide bonds. The maximum Gasteiger partial charge on any atom is 0.251 e. The third kappa shape index (κ3) is 4.88. The summed E-state index contributed by atoms with van der Waals surface area (Å²) in [5.41, 5.74) is 1.47. The maximum absolute atomic E-state index is 13.1. The Morgan fingerprint density at radius 3 is 2.42 bits per heavy atom. The Balaban J connectivity index is 1.40. The number of hydrogen-bond acceptors (Lipinski definition) is 3. The Kier molecular flexibility index (Phi) is 6.21. The molecule has 1 unspecified atom stereocenters. The smallest absolute Gasteiger partial charge is 0.251 e. The van der Waals surface area contributed by atoms with Crippen LogP contribution in [0, 0.1) is 5.92 Å². The summed E-state index contributed by atoms with van der Waals surface area (Å²) in [6.45, 7) is 2.40. The van der Waals surface area contributed by atoms with Crippen LogP contribution >= 0.6 is 0 Å². The van der Waals surface area contributed by atoms with Crippen molar-refractivity contribution < 1.29 is 14.3 Å². The van der Waals surface area contributed by atoms with Crippen molar-refractivity contribution in [1.82, 2.24) is 5.32 Å². The first kappa shape index (κ1) is 20.9. The molecule has 1 atom stereocenters. The van der Waals surface area contributed by atoms with Crippen LogP contribution in [0.4, 0.5) is 5.69 Å². The van der Waals surface area contributed by atoms with Crippen LogP contribution in [0.2, 0.25) is 0 Å². The summed E-state index contributed by atoms with van der Waals surface area (Å²) in [5, 5.41) is 5.02. The van der Waals surface area contributed by atoms with E-state index in [1.807, 2.05) is 71.6 Å². The second-order valence-corrected chi connectivity index (χ2v) is 8.11. The molecule has 31 heavy (non-hydrogen) atoms. The number of carbonyl (C=O) groups is 2. The average molecular weight is 417 g/mol. The van der Waals surface area contributed by atoms with Crippen molar-refractivity contribution in [2.24, 2.45) is 5.92 Å². The number of hydrogen-bond donors (Lipinski definition) is 1. The van der Waals surface area contributed by atoms with E-state index in [-0.39, 0.29) is 24.3 Å². The van der Waals surface area contributed by atoms with Crippen molar-refractivity contribution in [2.45, 2.75) is 32.2 Å². The zero-order valence-corrected chi connectivity index (χ0v) is 18.0. The fourth-order valence-electron chi connectivity index (χ4n) is 3.97. The molecule has 0 spiro atoms. The van der Waals surface area contributed by atoms with Crippen molar-refractivity contribution in [3.05, 3.63) is 72.3 Å². The summed E-state index contributed by atoms with van der Waals surface area (Å²) in [6.07, 6.45) is 2.56. The van der Waals surface area contributed by atoms with Gasteiger partial charge in [-0.2, -0.15) is 0 Å². The number of benzene rings is 3. The number of nitrogens with one attached hydrogen (secondary N) is 1. The Morgan fingerprint density at radius 2 is 1.74 bits per heavy atom. The highest BCUT2D eigenvalue weighted by atomic mass is 16.5. The van der Waals surface area contributed by atoms with E-state index in [1.54, 1.807) is 7.11 Å². The topological polar surface area (TPSA) is 58.6 Å². The lowest BCUT2D eigenvalue weighted by Crippen LogP contribution is -2.41. The van der Waals surface area contributed by atoms with Crippen molar-refractivity contribution in [3.63, 3.8) is 0 Å². The number of anilines is 1. The summed E-state index contributed by atoms with van der Waals surface area (Å²) in [4.78, 5) is 27.6. The van der Waals surface area contributed by atoms with Gasteiger partial charge in [0.05, 0.1) is 7.11 Å². The van der Waals surface area contributed by atoms with Gasteiger partial charge in [-0.25, -0.2) is 0 Å². The molecule has 160 valence electrons. The second kappa shape index (κ2) is 9.21. The Morgan fingerprint density at radius 1 is 1.03 bits per heavy atom. The van der Waals surface area contributed by atoms with Crippen LogP contribution in [0.3, 0.4) is 0 Å². The van der Waals surface area contributed by atoms with Gasteiger partial charge in [0, 0.05) is 30.3 Å². The molecule has 5 heteroatoms. The molecule has 1 fully saturated rings. The Bertz CT molecular complexity index is 1070. The van der Waals surface area contributed by atoms with Gasteiger partial charge in [-0.05, 0) is 72.9 Å². The Hall–Kier alpha value is -3.34. The minimum absolute atomic E-state index is 0.0170. The van der Waals surface area contributed by atoms with E-state index in [1.165, 1.54) is 0 Å². The minimum Gasteiger partial charge on any atom is -0.497 e. The van der Waals surface area contributed by atoms with Gasteiger partial charge in [-0.1, -0.05) is 30.3 Å². The monoisotopic (exact) mass is 416 g/mol. The highest BCUT2D eigenvalue weighted by Crippen LogP contribution is 2.37. The van der Waals surface area contributed by atoms with Gasteiger partial charge in [0.15, 0.2) is 0 Å². The van der Waals surface area contributed by atoms with Crippen molar-refractivity contribution in [2.75, 3.05) is 18.6 Å². The lowest BCUT2D eigenvalue weighted by atomic mass is 10.1. The molecule has 3 aromatic rings. The average Bonchev–Trinajstić information content (AvgIpc) is 3.65. The molecule has 5 nitrogen and oxygen atoms in total. The van der Waals surface area contributed by atoms with Crippen molar-refractivity contribution in [3.8, 4) is 5.75 Å². The van der Waals surface area contributed by atoms with Crippen LogP contribution in [-0.2, 0) is 4.79 Å². The molecule has 0 bridgehead atoms. The van der Waals surface area contributed by atoms with Gasteiger partial charge in [0.1, 0.15) is 5.75 Å². The number of methoxy groups -OCH3 is 1. The highest BCUT2D eigenvalue weighted by molar-refractivity contribution is 5.99. The van der Waals surface area contributed by atoms with Crippen LogP contribution in [0.1, 0.15) is 36.5 Å². The Labute approximate surface area is 183 Å². The molecule has 1 aliphatic rings. The normalized spacial score (nSPS) is 14.1. The maximum atomic E-state index is 13.1. The molecule has 4 rings (SSSR count). The summed E-state index contributed by atoms with van der Waals surface area (Å²) in [5.74, 6) is 1.16. The van der Waals surface area contributed by atoms with E-state index < -0.39 is 0 Å². The standard InChI is InChI=1S/C26H28N2O3/c1-18(19-7-8-19)28(23-11-13-24(31-2)14-12-23)25(29)15-16-27-26(30)22-10-9-20-5-3-4-6-21(20)17-22/h3-6,9-14,17-19H,7-8,15-16H2,1-2H3,(H,27,30). The van der Waals surface area contributed by atoms with E-state index in [0.29, 0.717) is 18.0 Å². The molecular formula is C26H28N2O3. The third-order valence-electron chi connectivity index (χ3n) is 5.97. The first-order valence-corrected chi connectivity index (χ1v) is 10.8. The van der Waals surface area contributed by atoms with Crippen molar-refractivity contribution >= 4 is 28.3 Å². The first-order chi connectivity index (χ1) is 15.1. The predicted molar refractivity (Wildman–Crippen MR) is 124 cm³/mol. The van der Waals surface area contributed by atoms with Crippen LogP contribution in [0.5, 0.6) is 5.75 Å². The van der Waals surface area contributed by atoms with E-state index >= 15 is 0 Å². The lowest BCUT2D eigenvalue weighted by Gasteiger charge is -2.30. The van der Waals surface area contributed by atoms with Gasteiger partial charge in [-0.3, -0.25) is 9.59 Å². The molecule has 1 aliphatic carbocycles. The highest BCUT2D eigenvalue weighted by Gasteiger charge is 2.35. The van der Waals surface area contributed by atoms with E-state index in [4.69, 9.17) is 4.74 Å². The van der Waals surface area contributed by atoms with Crippen LogP contribution in [0.15, 0.2) is 66.7 Å². The molecule has 0 saturated heterocycles. The van der Waals surface area contributed by atoms with Crippen LogP contribution < -0.4 is 15.0 Å². The third-order valence-corrected chi connectivity index (χ3v) is 5.97. The number of carbonyl (C=O) groups excluding carboxylic acids is 2. The molecular weight excluding hydrogens is 388 g/mol. The fraction of sp³-hybridized carbons (Fsp3) is 0.308. The molecule has 0 aliphatic heterocycles. The molecule has 0 radical (unpaired) electrons. The van der Waals surface area contributed by atoms with Gasteiger partial charge < -0.3 is 15.0 Å². The lowest BCUT2D eigenvalue weighted by molar-refractivity contribution is -0.119. The fourth-order valence-corrected chi connectivity index (χ4v) is 3.97. The predicted octanol–water partition coefficient (Wildman–Crippen LogP) is 4.80. The summed E-state index contributed by atoms with van der Waals surface area (Å²) in [6, 6.07) is 21.3. The van der Waals surface area contributed by atoms with Gasteiger partial charge in [0.25, 0.3) is 5.91 Å². The van der Waals surface area contributed by atoms with E-state index in [9.17, 15) is 9.59 Å². The summed E-state index contributed by atoms with van der Waals surface area (Å²) < 4.78 is 5.24. The van der Waals surface area contributed by atoms with Gasteiger partial charge in [-0.15, -0.1) is 0 Å². The van der Waals surface area contributed by atoms with Crippen LogP contribution in [0.25, 0.3) is 10.8 Å². The zero-order valence-electron chi connectivity index (χ0n) is 18.0. The molecule has 1 N–H and O–H groups in total. The van der Waals surface area contributed by atoms with Gasteiger partial charge in [0.2, 0.25) is 5.91 Å². The largest absolute Gasteiger partial charge is 0.497 e. The van der Waals surface area contributed by atoms with E-state index in [0.717, 1.165) is 35.1 Å². The van der Waals surface area contributed by atoms with Crippen molar-refractivity contribution in [1.29, 1.82) is 0 Å². The summed E-state index contributed by atoms with van der Waals surface area (Å²) >= 11 is 0. The zero-order chi connectivity index (χ0) is 21.8. The number of rotatable bonds is 8.